The fraction of sp³-hybridized carbons (Fsp3) is 0.667. The quantitative estimate of drug-likeness (QED) is 0.272. The molecule has 0 bridgehead atoms. The molecule has 14 heavy (non-hydrogen) atoms. The summed E-state index contributed by atoms with van der Waals surface area (Å²) in [6.07, 6.45) is 3.20. The second-order valence-electron chi connectivity index (χ2n) is 2.67. The zero-order valence-corrected chi connectivity index (χ0v) is 8.02. The highest BCUT2D eigenvalue weighted by atomic mass is 16.5. The van der Waals surface area contributed by atoms with E-state index in [1.807, 2.05) is 6.07 Å². The van der Waals surface area contributed by atoms with Gasteiger partial charge in [-0.2, -0.15) is 5.26 Å². The van der Waals surface area contributed by atoms with E-state index in [0.717, 1.165) is 0 Å². The van der Waals surface area contributed by atoms with Crippen LogP contribution in [0.25, 0.3) is 0 Å². The summed E-state index contributed by atoms with van der Waals surface area (Å²) >= 11 is 0. The third kappa shape index (κ3) is 5.07. The number of carbonyl (C=O) groups is 1. The number of aliphatic imine (C=N–C) groups is 1. The molecule has 0 N–H and O–H groups in total. The Kier molecular flexibility index (Phi) is 7.02. The van der Waals surface area contributed by atoms with E-state index in [0.29, 0.717) is 25.8 Å². The van der Waals surface area contributed by atoms with Crippen LogP contribution in [-0.2, 0) is 14.3 Å². The molecular formula is C9H12N2O3. The first kappa shape index (κ1) is 12.3. The van der Waals surface area contributed by atoms with E-state index in [1.165, 1.54) is 13.2 Å². The third-order valence-electron chi connectivity index (χ3n) is 1.72. The van der Waals surface area contributed by atoms with Crippen LogP contribution in [0.3, 0.4) is 0 Å². The Balaban J connectivity index is 3.69. The summed E-state index contributed by atoms with van der Waals surface area (Å²) in [6.45, 7) is 0.392. The number of ether oxygens (including phenoxy) is 1. The lowest BCUT2D eigenvalue weighted by atomic mass is 10.0. The van der Waals surface area contributed by atoms with Crippen molar-refractivity contribution in [3.63, 3.8) is 0 Å². The molecule has 0 amide bonds. The second kappa shape index (κ2) is 7.96. The zero-order valence-electron chi connectivity index (χ0n) is 8.02. The molecule has 0 saturated carbocycles. The first-order chi connectivity index (χ1) is 6.76. The molecule has 0 aliphatic carbocycles. The molecule has 0 aromatic rings. The van der Waals surface area contributed by atoms with Crippen molar-refractivity contribution < 1.29 is 14.3 Å². The van der Waals surface area contributed by atoms with Gasteiger partial charge >= 0.3 is 5.97 Å². The minimum Gasteiger partial charge on any atom is -0.468 e. The van der Waals surface area contributed by atoms with Crippen LogP contribution >= 0.6 is 0 Å². The Morgan fingerprint density at radius 1 is 1.57 bits per heavy atom. The van der Waals surface area contributed by atoms with Gasteiger partial charge in [0.1, 0.15) is 5.92 Å². The van der Waals surface area contributed by atoms with Gasteiger partial charge in [0.2, 0.25) is 6.08 Å². The first-order valence-corrected chi connectivity index (χ1v) is 4.27. The lowest BCUT2D eigenvalue weighted by Gasteiger charge is -2.04. The van der Waals surface area contributed by atoms with Crippen LogP contribution in [0.2, 0.25) is 0 Å². The summed E-state index contributed by atoms with van der Waals surface area (Å²) in [6, 6.07) is 1.86. The molecule has 76 valence electrons. The van der Waals surface area contributed by atoms with Crippen molar-refractivity contribution >= 4 is 12.0 Å². The summed E-state index contributed by atoms with van der Waals surface area (Å²) < 4.78 is 4.43. The predicted molar refractivity (Wildman–Crippen MR) is 48.0 cm³/mol. The smallest absolute Gasteiger partial charge is 0.323 e. The monoisotopic (exact) mass is 196 g/mol. The van der Waals surface area contributed by atoms with Gasteiger partial charge < -0.3 is 4.74 Å². The number of methoxy groups -OCH3 is 1. The van der Waals surface area contributed by atoms with Crippen molar-refractivity contribution in [1.82, 2.24) is 0 Å². The van der Waals surface area contributed by atoms with Crippen LogP contribution in [0.4, 0.5) is 0 Å². The minimum absolute atomic E-state index is 0.392. The van der Waals surface area contributed by atoms with Gasteiger partial charge in [0.25, 0.3) is 0 Å². The van der Waals surface area contributed by atoms with E-state index in [-0.39, 0.29) is 0 Å². The van der Waals surface area contributed by atoms with Gasteiger partial charge in [0, 0.05) is 0 Å². The van der Waals surface area contributed by atoms with E-state index >= 15 is 0 Å². The summed E-state index contributed by atoms with van der Waals surface area (Å²) in [5.74, 6) is -1.22. The zero-order chi connectivity index (χ0) is 10.8. The fourth-order valence-corrected chi connectivity index (χ4v) is 0.962. The fourth-order valence-electron chi connectivity index (χ4n) is 0.962. The van der Waals surface area contributed by atoms with E-state index in [9.17, 15) is 9.59 Å². The Labute approximate surface area is 82.4 Å². The molecule has 0 rings (SSSR count). The molecule has 0 heterocycles. The number of nitrogens with zero attached hydrogens (tertiary/aromatic N) is 2. The van der Waals surface area contributed by atoms with Gasteiger partial charge in [-0.05, 0) is 19.3 Å². The molecule has 0 aromatic carbocycles. The lowest BCUT2D eigenvalue weighted by Crippen LogP contribution is -2.14. The van der Waals surface area contributed by atoms with Crippen molar-refractivity contribution in [3.05, 3.63) is 0 Å². The summed E-state index contributed by atoms with van der Waals surface area (Å²) in [5, 5.41) is 8.59. The number of rotatable bonds is 6. The molecule has 0 aliphatic rings. The average molecular weight is 196 g/mol. The number of carbonyl (C=O) groups excluding carboxylic acids is 2. The topological polar surface area (TPSA) is 79.5 Å². The van der Waals surface area contributed by atoms with Crippen LogP contribution in [0, 0.1) is 17.2 Å². The summed E-state index contributed by atoms with van der Waals surface area (Å²) in [7, 11) is 1.25. The summed E-state index contributed by atoms with van der Waals surface area (Å²) in [4.78, 5) is 24.0. The molecule has 0 fully saturated rings. The Hall–Kier alpha value is -1.66. The van der Waals surface area contributed by atoms with Gasteiger partial charge in [-0.25, -0.2) is 9.79 Å². The van der Waals surface area contributed by atoms with E-state index < -0.39 is 11.9 Å². The molecule has 0 aliphatic heterocycles. The van der Waals surface area contributed by atoms with E-state index in [1.54, 1.807) is 0 Å². The van der Waals surface area contributed by atoms with Crippen LogP contribution in [0.5, 0.6) is 0 Å². The maximum atomic E-state index is 10.9. The normalized spacial score (nSPS) is 10.9. The molecule has 5 heteroatoms. The molecule has 0 radical (unpaired) electrons. The average Bonchev–Trinajstić information content (AvgIpc) is 2.22. The summed E-state index contributed by atoms with van der Waals surface area (Å²) in [5.41, 5.74) is 0. The predicted octanol–water partition coefficient (Wildman–Crippen LogP) is 0.805. The Bertz CT molecular complexity index is 264. The molecule has 0 aromatic heterocycles. The second-order valence-corrected chi connectivity index (χ2v) is 2.67. The Morgan fingerprint density at radius 3 is 2.79 bits per heavy atom. The van der Waals surface area contributed by atoms with Crippen LogP contribution < -0.4 is 0 Å². The number of nitriles is 1. The van der Waals surface area contributed by atoms with Crippen molar-refractivity contribution in [2.75, 3.05) is 13.7 Å². The van der Waals surface area contributed by atoms with Gasteiger partial charge in [-0.3, -0.25) is 4.79 Å². The maximum Gasteiger partial charge on any atom is 0.323 e. The molecule has 5 nitrogen and oxygen atoms in total. The van der Waals surface area contributed by atoms with Crippen LogP contribution in [0.15, 0.2) is 4.99 Å². The highest BCUT2D eigenvalue weighted by molar-refractivity contribution is 5.74. The van der Waals surface area contributed by atoms with Crippen molar-refractivity contribution in [1.29, 1.82) is 5.26 Å². The molecule has 1 unspecified atom stereocenters. The maximum absolute atomic E-state index is 10.9. The largest absolute Gasteiger partial charge is 0.468 e. The van der Waals surface area contributed by atoms with Crippen molar-refractivity contribution in [2.45, 2.75) is 19.3 Å². The molecule has 0 saturated heterocycles. The molecule has 0 spiro atoms. The molecular weight excluding hydrogens is 184 g/mol. The lowest BCUT2D eigenvalue weighted by molar-refractivity contribution is -0.143. The van der Waals surface area contributed by atoms with Gasteiger partial charge in [0.15, 0.2) is 0 Å². The Morgan fingerprint density at radius 2 is 2.29 bits per heavy atom. The van der Waals surface area contributed by atoms with Gasteiger partial charge in [0.05, 0.1) is 19.7 Å². The van der Waals surface area contributed by atoms with Crippen molar-refractivity contribution in [3.8, 4) is 6.07 Å². The highest BCUT2D eigenvalue weighted by Gasteiger charge is 2.17. The standard InChI is InChI=1S/C9H12N2O3/c1-14-9(13)8(6-10)4-2-3-5-11-7-12/h8H,2-5H2,1H3. The van der Waals surface area contributed by atoms with Crippen LogP contribution in [0.1, 0.15) is 19.3 Å². The number of hydrogen-bond donors (Lipinski definition) is 0. The highest BCUT2D eigenvalue weighted by Crippen LogP contribution is 2.09. The van der Waals surface area contributed by atoms with E-state index in [2.05, 4.69) is 9.73 Å². The SMILES string of the molecule is COC(=O)C(C#N)CCCCN=C=O. The van der Waals surface area contributed by atoms with Gasteiger partial charge in [-0.15, -0.1) is 0 Å². The third-order valence-corrected chi connectivity index (χ3v) is 1.72. The number of esters is 1. The first-order valence-electron chi connectivity index (χ1n) is 4.27. The van der Waals surface area contributed by atoms with E-state index in [4.69, 9.17) is 5.26 Å². The minimum atomic E-state index is -0.708. The van der Waals surface area contributed by atoms with Crippen LogP contribution in [-0.4, -0.2) is 25.7 Å². The molecule has 1 atom stereocenters. The number of hydrogen-bond acceptors (Lipinski definition) is 5. The van der Waals surface area contributed by atoms with Gasteiger partial charge in [-0.1, -0.05) is 0 Å². The number of isocyanates is 1. The van der Waals surface area contributed by atoms with Crippen molar-refractivity contribution in [2.24, 2.45) is 10.9 Å². The number of unbranched alkanes of at least 4 members (excludes halogenated alkanes) is 1.